The number of carbonyl (C=O) groups is 1. The minimum Gasteiger partial charge on any atom is -0.358 e. The monoisotopic (exact) mass is 300 g/mol. The molecule has 0 aliphatic rings. The number of anilines is 1. The molecule has 0 unspecified atom stereocenters. The molecule has 0 spiro atoms. The lowest BCUT2D eigenvalue weighted by atomic mass is 10.1. The fourth-order valence-corrected chi connectivity index (χ4v) is 2.48. The zero-order valence-corrected chi connectivity index (χ0v) is 11.9. The van der Waals surface area contributed by atoms with E-state index in [1.807, 2.05) is 6.92 Å². The first-order valence-electron chi connectivity index (χ1n) is 6.85. The molecule has 2 N–H and O–H groups in total. The van der Waals surface area contributed by atoms with E-state index in [1.165, 1.54) is 36.4 Å². The van der Waals surface area contributed by atoms with Crippen LogP contribution in [0.15, 0.2) is 42.5 Å². The van der Waals surface area contributed by atoms with Crippen molar-refractivity contribution in [3.8, 4) is 0 Å². The summed E-state index contributed by atoms with van der Waals surface area (Å²) >= 11 is 0. The standard InChI is InChI=1S/C17H14F2N2O/c1-10-14(15-8-12(19)4-7-16(15)20-10)9-17(22)21-13-5-2-11(18)3-6-13/h2-8,20H,9H2,1H3,(H,21,22). The van der Waals surface area contributed by atoms with Crippen LogP contribution in [-0.2, 0) is 11.2 Å². The van der Waals surface area contributed by atoms with E-state index in [2.05, 4.69) is 10.3 Å². The predicted molar refractivity (Wildman–Crippen MR) is 81.7 cm³/mol. The summed E-state index contributed by atoms with van der Waals surface area (Å²) in [7, 11) is 0. The van der Waals surface area contributed by atoms with E-state index >= 15 is 0 Å². The van der Waals surface area contributed by atoms with Gasteiger partial charge < -0.3 is 10.3 Å². The predicted octanol–water partition coefficient (Wildman–Crippen LogP) is 3.94. The maximum absolute atomic E-state index is 13.4. The molecule has 0 aliphatic carbocycles. The Hall–Kier alpha value is -2.69. The third-order valence-electron chi connectivity index (χ3n) is 3.55. The summed E-state index contributed by atoms with van der Waals surface area (Å²) in [5.41, 5.74) is 2.91. The minimum atomic E-state index is -0.360. The van der Waals surface area contributed by atoms with Gasteiger partial charge in [-0.15, -0.1) is 0 Å². The van der Waals surface area contributed by atoms with Gasteiger partial charge in [0.2, 0.25) is 5.91 Å². The van der Waals surface area contributed by atoms with Gasteiger partial charge in [0.25, 0.3) is 0 Å². The first-order chi connectivity index (χ1) is 10.5. The van der Waals surface area contributed by atoms with E-state index in [0.717, 1.165) is 16.8 Å². The number of carbonyl (C=O) groups excluding carboxylic acids is 1. The molecule has 0 atom stereocenters. The number of rotatable bonds is 3. The summed E-state index contributed by atoms with van der Waals surface area (Å²) in [6, 6.07) is 9.99. The highest BCUT2D eigenvalue weighted by molar-refractivity contribution is 5.96. The Balaban J connectivity index is 1.83. The number of hydrogen-bond donors (Lipinski definition) is 2. The maximum atomic E-state index is 13.4. The van der Waals surface area contributed by atoms with Crippen LogP contribution >= 0.6 is 0 Å². The van der Waals surface area contributed by atoms with Gasteiger partial charge in [-0.1, -0.05) is 0 Å². The van der Waals surface area contributed by atoms with Crippen LogP contribution in [0.3, 0.4) is 0 Å². The van der Waals surface area contributed by atoms with Crippen molar-refractivity contribution in [3.63, 3.8) is 0 Å². The lowest BCUT2D eigenvalue weighted by Gasteiger charge is -2.05. The van der Waals surface area contributed by atoms with Crippen LogP contribution in [-0.4, -0.2) is 10.9 Å². The molecule has 3 nitrogen and oxygen atoms in total. The Morgan fingerprint density at radius 3 is 2.50 bits per heavy atom. The second-order valence-electron chi connectivity index (χ2n) is 5.15. The van der Waals surface area contributed by atoms with Gasteiger partial charge in [-0.2, -0.15) is 0 Å². The van der Waals surface area contributed by atoms with Gasteiger partial charge in [0.15, 0.2) is 0 Å². The van der Waals surface area contributed by atoms with E-state index < -0.39 is 0 Å². The van der Waals surface area contributed by atoms with Crippen molar-refractivity contribution < 1.29 is 13.6 Å². The first-order valence-corrected chi connectivity index (χ1v) is 6.85. The molecule has 0 saturated heterocycles. The first kappa shape index (κ1) is 14.3. The SMILES string of the molecule is Cc1[nH]c2ccc(F)cc2c1CC(=O)Nc1ccc(F)cc1. The summed E-state index contributed by atoms with van der Waals surface area (Å²) in [4.78, 5) is 15.3. The van der Waals surface area contributed by atoms with E-state index in [1.54, 1.807) is 6.07 Å². The number of H-pyrrole nitrogens is 1. The van der Waals surface area contributed by atoms with Gasteiger partial charge in [-0.25, -0.2) is 8.78 Å². The quantitative estimate of drug-likeness (QED) is 0.756. The van der Waals surface area contributed by atoms with E-state index in [0.29, 0.717) is 11.1 Å². The Morgan fingerprint density at radius 1 is 1.09 bits per heavy atom. The molecule has 0 fully saturated rings. The smallest absolute Gasteiger partial charge is 0.228 e. The highest BCUT2D eigenvalue weighted by Gasteiger charge is 2.13. The van der Waals surface area contributed by atoms with Crippen LogP contribution in [0, 0.1) is 18.6 Å². The van der Waals surface area contributed by atoms with Crippen molar-refractivity contribution in [1.29, 1.82) is 0 Å². The van der Waals surface area contributed by atoms with E-state index in [-0.39, 0.29) is 24.0 Å². The lowest BCUT2D eigenvalue weighted by Crippen LogP contribution is -2.14. The molecule has 2 aromatic carbocycles. The van der Waals surface area contributed by atoms with Crippen LogP contribution in [0.4, 0.5) is 14.5 Å². The number of aryl methyl sites for hydroxylation is 1. The zero-order valence-electron chi connectivity index (χ0n) is 11.9. The van der Waals surface area contributed by atoms with Crippen molar-refractivity contribution >= 4 is 22.5 Å². The molecule has 1 heterocycles. The molecule has 5 heteroatoms. The topological polar surface area (TPSA) is 44.9 Å². The van der Waals surface area contributed by atoms with Gasteiger partial charge >= 0.3 is 0 Å². The van der Waals surface area contributed by atoms with Crippen molar-refractivity contribution in [3.05, 3.63) is 65.4 Å². The molecule has 1 aromatic heterocycles. The van der Waals surface area contributed by atoms with Gasteiger partial charge in [0.05, 0.1) is 6.42 Å². The highest BCUT2D eigenvalue weighted by atomic mass is 19.1. The molecule has 3 aromatic rings. The number of amides is 1. The third kappa shape index (κ3) is 2.83. The van der Waals surface area contributed by atoms with E-state index in [9.17, 15) is 13.6 Å². The number of aromatic nitrogens is 1. The van der Waals surface area contributed by atoms with Crippen molar-refractivity contribution in [2.75, 3.05) is 5.32 Å². The molecule has 1 amide bonds. The largest absolute Gasteiger partial charge is 0.358 e. The summed E-state index contributed by atoms with van der Waals surface area (Å²) in [5.74, 6) is -0.937. The highest BCUT2D eigenvalue weighted by Crippen LogP contribution is 2.24. The average molecular weight is 300 g/mol. The molecule has 22 heavy (non-hydrogen) atoms. The van der Waals surface area contributed by atoms with Crippen LogP contribution in [0.25, 0.3) is 10.9 Å². The second-order valence-corrected chi connectivity index (χ2v) is 5.15. The Morgan fingerprint density at radius 2 is 1.77 bits per heavy atom. The number of fused-ring (bicyclic) bond motifs is 1. The number of hydrogen-bond acceptors (Lipinski definition) is 1. The van der Waals surface area contributed by atoms with Crippen molar-refractivity contribution in [2.45, 2.75) is 13.3 Å². The van der Waals surface area contributed by atoms with Crippen molar-refractivity contribution in [1.82, 2.24) is 4.98 Å². The van der Waals surface area contributed by atoms with E-state index in [4.69, 9.17) is 0 Å². The molecule has 0 bridgehead atoms. The third-order valence-corrected chi connectivity index (χ3v) is 3.55. The molecule has 0 radical (unpaired) electrons. The van der Waals surface area contributed by atoms with Gasteiger partial charge in [-0.05, 0) is 55.0 Å². The van der Waals surface area contributed by atoms with Gasteiger partial charge in [0.1, 0.15) is 11.6 Å². The molecular formula is C17H14F2N2O. The van der Waals surface area contributed by atoms with Crippen LogP contribution in [0.5, 0.6) is 0 Å². The summed E-state index contributed by atoms with van der Waals surface area (Å²) in [6.45, 7) is 1.85. The normalized spacial score (nSPS) is 10.9. The van der Waals surface area contributed by atoms with Crippen LogP contribution in [0.2, 0.25) is 0 Å². The van der Waals surface area contributed by atoms with Crippen LogP contribution in [0.1, 0.15) is 11.3 Å². The second kappa shape index (κ2) is 5.60. The fourth-order valence-electron chi connectivity index (χ4n) is 2.48. The Kier molecular flexibility index (Phi) is 3.63. The lowest BCUT2D eigenvalue weighted by molar-refractivity contribution is -0.115. The molecule has 112 valence electrons. The van der Waals surface area contributed by atoms with Gasteiger partial charge in [-0.3, -0.25) is 4.79 Å². The summed E-state index contributed by atoms with van der Waals surface area (Å²) < 4.78 is 26.2. The fraction of sp³-hybridized carbons (Fsp3) is 0.118. The number of nitrogens with one attached hydrogen (secondary N) is 2. The Labute approximate surface area is 126 Å². The van der Waals surface area contributed by atoms with Gasteiger partial charge in [0, 0.05) is 22.3 Å². The maximum Gasteiger partial charge on any atom is 0.228 e. The number of benzene rings is 2. The minimum absolute atomic E-state index is 0.118. The summed E-state index contributed by atoms with van der Waals surface area (Å²) in [6.07, 6.45) is 0.118. The average Bonchev–Trinajstić information content (AvgIpc) is 2.77. The number of halogens is 2. The van der Waals surface area contributed by atoms with Crippen molar-refractivity contribution in [2.24, 2.45) is 0 Å². The molecule has 0 aliphatic heterocycles. The molecule has 0 saturated carbocycles. The van der Waals surface area contributed by atoms with Crippen LogP contribution < -0.4 is 5.32 Å². The molecular weight excluding hydrogens is 286 g/mol. The molecule has 3 rings (SSSR count). The Bertz CT molecular complexity index is 838. The summed E-state index contributed by atoms with van der Waals surface area (Å²) in [5, 5.41) is 3.40. The zero-order chi connectivity index (χ0) is 15.7. The number of aromatic amines is 1.